The Morgan fingerprint density at radius 2 is 1.77 bits per heavy atom. The summed E-state index contributed by atoms with van der Waals surface area (Å²) >= 11 is 6.02. The molecule has 0 saturated carbocycles. The summed E-state index contributed by atoms with van der Waals surface area (Å²) < 4.78 is 13.9. The Morgan fingerprint density at radius 1 is 1.00 bits per heavy atom. The maximum absolute atomic E-state index is 13.9. The summed E-state index contributed by atoms with van der Waals surface area (Å²) in [6, 6.07) is 15.7. The summed E-state index contributed by atoms with van der Waals surface area (Å²) in [5.41, 5.74) is 2.37. The largest absolute Gasteiger partial charge is 0.355 e. The minimum absolute atomic E-state index is 0.139. The molecule has 0 atom stereocenters. The van der Waals surface area contributed by atoms with Crippen molar-refractivity contribution in [2.45, 2.75) is 32.1 Å². The second-order valence-corrected chi connectivity index (χ2v) is 8.09. The molecule has 2 aromatic carbocycles. The fraction of sp³-hybridized carbons (Fsp3) is 0.292. The van der Waals surface area contributed by atoms with E-state index in [9.17, 15) is 9.18 Å². The standard InChI is InChI=1S/C24H24ClFN4O/c25-20-9-6-10-21(26)19(20)16-24(31)27-18-8-5-7-17(15-18)22-11-12-23(29-28-22)30-13-3-1-2-4-14-30/h5-12,15H,1-4,13-14,16H2,(H,27,31). The molecular weight excluding hydrogens is 415 g/mol. The predicted octanol–water partition coefficient (Wildman–Crippen LogP) is 5.50. The number of halogens is 2. The quantitative estimate of drug-likeness (QED) is 0.571. The van der Waals surface area contributed by atoms with Gasteiger partial charge in [0.15, 0.2) is 5.82 Å². The smallest absolute Gasteiger partial charge is 0.228 e. The highest BCUT2D eigenvalue weighted by atomic mass is 35.5. The van der Waals surface area contributed by atoms with Crippen molar-refractivity contribution in [3.8, 4) is 11.3 Å². The maximum Gasteiger partial charge on any atom is 0.228 e. The molecule has 1 aliphatic heterocycles. The lowest BCUT2D eigenvalue weighted by Crippen LogP contribution is -2.25. The third-order valence-electron chi connectivity index (χ3n) is 5.42. The zero-order valence-corrected chi connectivity index (χ0v) is 17.9. The number of benzene rings is 2. The second kappa shape index (κ2) is 9.88. The van der Waals surface area contributed by atoms with Gasteiger partial charge in [0.1, 0.15) is 5.82 Å². The predicted molar refractivity (Wildman–Crippen MR) is 122 cm³/mol. The van der Waals surface area contributed by atoms with Crippen molar-refractivity contribution in [2.24, 2.45) is 0 Å². The van der Waals surface area contributed by atoms with Gasteiger partial charge in [-0.05, 0) is 49.2 Å². The Kier molecular flexibility index (Phi) is 6.77. The fourth-order valence-corrected chi connectivity index (χ4v) is 4.00. The van der Waals surface area contributed by atoms with Gasteiger partial charge < -0.3 is 10.2 Å². The van der Waals surface area contributed by atoms with Crippen LogP contribution < -0.4 is 10.2 Å². The van der Waals surface area contributed by atoms with Crippen LogP contribution in [0.25, 0.3) is 11.3 Å². The molecule has 160 valence electrons. The first-order chi connectivity index (χ1) is 15.1. The van der Waals surface area contributed by atoms with Crippen molar-refractivity contribution < 1.29 is 9.18 Å². The number of aromatic nitrogens is 2. The van der Waals surface area contributed by atoms with Crippen LogP contribution in [-0.4, -0.2) is 29.2 Å². The van der Waals surface area contributed by atoms with E-state index in [2.05, 4.69) is 20.4 Å². The monoisotopic (exact) mass is 438 g/mol. The Balaban J connectivity index is 1.45. The first kappa shape index (κ1) is 21.2. The number of rotatable bonds is 5. The normalized spacial score (nSPS) is 14.2. The maximum atomic E-state index is 13.9. The van der Waals surface area contributed by atoms with E-state index in [1.165, 1.54) is 37.8 Å². The van der Waals surface area contributed by atoms with Crippen molar-refractivity contribution in [1.82, 2.24) is 10.2 Å². The minimum atomic E-state index is -0.490. The molecule has 2 heterocycles. The lowest BCUT2D eigenvalue weighted by molar-refractivity contribution is -0.115. The molecule has 0 spiro atoms. The van der Waals surface area contributed by atoms with E-state index in [4.69, 9.17) is 11.6 Å². The molecule has 0 unspecified atom stereocenters. The summed E-state index contributed by atoms with van der Waals surface area (Å²) in [5.74, 6) is 0.0693. The van der Waals surface area contributed by atoms with Crippen LogP contribution in [0.15, 0.2) is 54.6 Å². The Hall–Kier alpha value is -2.99. The summed E-state index contributed by atoms with van der Waals surface area (Å²) in [5, 5.41) is 11.9. The molecule has 3 aromatic rings. The average Bonchev–Trinajstić information content (AvgIpc) is 3.06. The molecule has 1 aliphatic rings. The number of nitrogens with one attached hydrogen (secondary N) is 1. The highest BCUT2D eigenvalue weighted by Gasteiger charge is 2.14. The summed E-state index contributed by atoms with van der Waals surface area (Å²) in [6.07, 6.45) is 4.76. The zero-order valence-electron chi connectivity index (χ0n) is 17.2. The molecule has 5 nitrogen and oxygen atoms in total. The van der Waals surface area contributed by atoms with Crippen LogP contribution in [0, 0.1) is 5.82 Å². The number of carbonyl (C=O) groups is 1. The van der Waals surface area contributed by atoms with E-state index in [0.717, 1.165) is 30.2 Å². The molecular formula is C24H24ClFN4O. The molecule has 0 bridgehead atoms. The van der Waals surface area contributed by atoms with E-state index < -0.39 is 5.82 Å². The highest BCUT2D eigenvalue weighted by molar-refractivity contribution is 6.31. The van der Waals surface area contributed by atoms with Gasteiger partial charge in [-0.3, -0.25) is 4.79 Å². The fourth-order valence-electron chi connectivity index (χ4n) is 3.77. The lowest BCUT2D eigenvalue weighted by atomic mass is 10.1. The summed E-state index contributed by atoms with van der Waals surface area (Å²) in [7, 11) is 0. The van der Waals surface area contributed by atoms with E-state index >= 15 is 0 Å². The van der Waals surface area contributed by atoms with Crippen LogP contribution in [-0.2, 0) is 11.2 Å². The summed E-state index contributed by atoms with van der Waals surface area (Å²) in [6.45, 7) is 2.03. The van der Waals surface area contributed by atoms with Crippen LogP contribution >= 0.6 is 11.6 Å². The van der Waals surface area contributed by atoms with Gasteiger partial charge in [-0.1, -0.05) is 42.6 Å². The van der Waals surface area contributed by atoms with Crippen molar-refractivity contribution in [1.29, 1.82) is 0 Å². The van der Waals surface area contributed by atoms with E-state index in [1.807, 2.05) is 30.3 Å². The SMILES string of the molecule is O=C(Cc1c(F)cccc1Cl)Nc1cccc(-c2ccc(N3CCCCCC3)nn2)c1. The summed E-state index contributed by atoms with van der Waals surface area (Å²) in [4.78, 5) is 14.7. The third-order valence-corrected chi connectivity index (χ3v) is 5.78. The molecule has 1 N–H and O–H groups in total. The number of nitrogens with zero attached hydrogens (tertiary/aromatic N) is 3. The Morgan fingerprint density at radius 3 is 2.48 bits per heavy atom. The van der Waals surface area contributed by atoms with Gasteiger partial charge in [0.25, 0.3) is 0 Å². The topological polar surface area (TPSA) is 58.1 Å². The van der Waals surface area contributed by atoms with Crippen LogP contribution in [0.2, 0.25) is 5.02 Å². The Bertz CT molecular complexity index is 1030. The van der Waals surface area contributed by atoms with Gasteiger partial charge in [-0.15, -0.1) is 10.2 Å². The van der Waals surface area contributed by atoms with Gasteiger partial charge >= 0.3 is 0 Å². The molecule has 31 heavy (non-hydrogen) atoms. The lowest BCUT2D eigenvalue weighted by Gasteiger charge is -2.20. The van der Waals surface area contributed by atoms with E-state index in [0.29, 0.717) is 5.69 Å². The molecule has 1 aromatic heterocycles. The van der Waals surface area contributed by atoms with Crippen LogP contribution in [0.3, 0.4) is 0 Å². The van der Waals surface area contributed by atoms with Crippen LogP contribution in [0.4, 0.5) is 15.9 Å². The first-order valence-electron chi connectivity index (χ1n) is 10.5. The van der Waals surface area contributed by atoms with E-state index in [-0.39, 0.29) is 22.9 Å². The minimum Gasteiger partial charge on any atom is -0.355 e. The first-order valence-corrected chi connectivity index (χ1v) is 10.9. The van der Waals surface area contributed by atoms with Gasteiger partial charge in [0.2, 0.25) is 5.91 Å². The van der Waals surface area contributed by atoms with E-state index in [1.54, 1.807) is 12.1 Å². The van der Waals surface area contributed by atoms with Crippen molar-refractivity contribution in [3.05, 3.63) is 71.0 Å². The number of amides is 1. The number of anilines is 2. The molecule has 1 amide bonds. The Labute approximate surface area is 186 Å². The van der Waals surface area contributed by atoms with Crippen molar-refractivity contribution in [2.75, 3.05) is 23.3 Å². The van der Waals surface area contributed by atoms with Crippen LogP contribution in [0.5, 0.6) is 0 Å². The molecule has 1 fully saturated rings. The average molecular weight is 439 g/mol. The highest BCUT2D eigenvalue weighted by Crippen LogP contribution is 2.24. The molecule has 0 radical (unpaired) electrons. The number of hydrogen-bond donors (Lipinski definition) is 1. The second-order valence-electron chi connectivity index (χ2n) is 7.68. The third kappa shape index (κ3) is 5.39. The van der Waals surface area contributed by atoms with Gasteiger partial charge in [0, 0.05) is 34.9 Å². The number of hydrogen-bond acceptors (Lipinski definition) is 4. The van der Waals surface area contributed by atoms with Crippen molar-refractivity contribution in [3.63, 3.8) is 0 Å². The molecule has 1 saturated heterocycles. The van der Waals surface area contributed by atoms with Crippen LogP contribution in [0.1, 0.15) is 31.2 Å². The molecule has 4 rings (SSSR count). The van der Waals surface area contributed by atoms with Gasteiger partial charge in [-0.2, -0.15) is 0 Å². The van der Waals surface area contributed by atoms with Crippen molar-refractivity contribution >= 4 is 29.0 Å². The van der Waals surface area contributed by atoms with Gasteiger partial charge in [0.05, 0.1) is 12.1 Å². The number of carbonyl (C=O) groups excluding carboxylic acids is 1. The van der Waals surface area contributed by atoms with Gasteiger partial charge in [-0.25, -0.2) is 4.39 Å². The zero-order chi connectivity index (χ0) is 21.6. The molecule has 0 aliphatic carbocycles. The molecule has 7 heteroatoms.